The van der Waals surface area contributed by atoms with Crippen LogP contribution in [0, 0.1) is 0 Å². The van der Waals surface area contributed by atoms with Gasteiger partial charge in [-0.05, 0) is 18.9 Å². The second-order valence-corrected chi connectivity index (χ2v) is 5.69. The summed E-state index contributed by atoms with van der Waals surface area (Å²) in [6, 6.07) is 0. The smallest absolute Gasteiger partial charge is 0.328 e. The monoisotopic (exact) mass is 249 g/mol. The molecule has 0 saturated heterocycles. The van der Waals surface area contributed by atoms with Crippen molar-refractivity contribution in [1.82, 2.24) is 4.90 Å². The van der Waals surface area contributed by atoms with Gasteiger partial charge in [0.15, 0.2) is 0 Å². The minimum absolute atomic E-state index is 0.235. The maximum Gasteiger partial charge on any atom is 0.328 e. The quantitative estimate of drug-likeness (QED) is 0.527. The Hall–Kier alpha value is -0.640. The highest BCUT2D eigenvalue weighted by Crippen LogP contribution is 2.45. The molecule has 0 aliphatic rings. The number of hydrogen-bond donors (Lipinski definition) is 2. The zero-order chi connectivity index (χ0) is 12.8. The molecule has 0 aliphatic heterocycles. The second-order valence-electron chi connectivity index (χ2n) is 3.78. The van der Waals surface area contributed by atoms with Gasteiger partial charge in [0, 0.05) is 13.6 Å². The van der Waals surface area contributed by atoms with Crippen molar-refractivity contribution in [2.75, 3.05) is 13.6 Å². The minimum Gasteiger partial charge on any atom is -0.342 e. The van der Waals surface area contributed by atoms with Crippen molar-refractivity contribution in [2.45, 2.75) is 31.8 Å². The van der Waals surface area contributed by atoms with Crippen LogP contribution in [0.3, 0.4) is 0 Å². The fourth-order valence-electron chi connectivity index (χ4n) is 1.42. The van der Waals surface area contributed by atoms with Gasteiger partial charge in [-0.25, -0.2) is 0 Å². The highest BCUT2D eigenvalue weighted by molar-refractivity contribution is 7.52. The summed E-state index contributed by atoms with van der Waals surface area (Å²) in [5.74, 6) is -0.235. The van der Waals surface area contributed by atoms with Crippen LogP contribution in [0.2, 0.25) is 0 Å². The average molecular weight is 249 g/mol. The highest BCUT2D eigenvalue weighted by atomic mass is 31.2. The van der Waals surface area contributed by atoms with E-state index in [1.54, 1.807) is 7.05 Å². The Bertz CT molecular complexity index is 287. The van der Waals surface area contributed by atoms with Crippen LogP contribution in [-0.2, 0) is 9.36 Å². The average Bonchev–Trinajstić information content (AvgIpc) is 2.20. The predicted octanol–water partition coefficient (Wildman–Crippen LogP) is 1.37. The lowest BCUT2D eigenvalue weighted by Crippen LogP contribution is -2.28. The maximum atomic E-state index is 11.1. The summed E-state index contributed by atoms with van der Waals surface area (Å²) < 4.78 is 11.1. The molecule has 1 amide bonds. The SMILES string of the molecule is C=CC(=O)N(C)CCC(CCC)P(=O)(O)O. The zero-order valence-corrected chi connectivity index (χ0v) is 10.7. The van der Waals surface area contributed by atoms with Gasteiger partial charge in [0.1, 0.15) is 0 Å². The molecule has 16 heavy (non-hydrogen) atoms. The van der Waals surface area contributed by atoms with Gasteiger partial charge in [-0.3, -0.25) is 9.36 Å². The summed E-state index contributed by atoms with van der Waals surface area (Å²) in [5, 5.41) is 0. The third kappa shape index (κ3) is 5.45. The Balaban J connectivity index is 4.28. The van der Waals surface area contributed by atoms with E-state index in [-0.39, 0.29) is 5.91 Å². The molecule has 0 aliphatic carbocycles. The first-order valence-corrected chi connectivity index (χ1v) is 6.93. The van der Waals surface area contributed by atoms with Gasteiger partial charge in [0.05, 0.1) is 5.66 Å². The van der Waals surface area contributed by atoms with Crippen molar-refractivity contribution < 1.29 is 19.1 Å². The molecule has 0 aromatic rings. The molecule has 6 heteroatoms. The fraction of sp³-hybridized carbons (Fsp3) is 0.700. The van der Waals surface area contributed by atoms with Gasteiger partial charge >= 0.3 is 7.60 Å². The van der Waals surface area contributed by atoms with Crippen LogP contribution in [0.5, 0.6) is 0 Å². The zero-order valence-electron chi connectivity index (χ0n) is 9.80. The number of likely N-dealkylation sites (N-methyl/N-ethyl adjacent to an activating group) is 1. The molecule has 1 unspecified atom stereocenters. The van der Waals surface area contributed by atoms with Gasteiger partial charge in [0.2, 0.25) is 5.91 Å². The van der Waals surface area contributed by atoms with Gasteiger partial charge in [0.25, 0.3) is 0 Å². The van der Waals surface area contributed by atoms with Crippen molar-refractivity contribution in [3.63, 3.8) is 0 Å². The van der Waals surface area contributed by atoms with Crippen molar-refractivity contribution in [1.29, 1.82) is 0 Å². The predicted molar refractivity (Wildman–Crippen MR) is 63.2 cm³/mol. The lowest BCUT2D eigenvalue weighted by atomic mass is 10.2. The molecule has 0 rings (SSSR count). The van der Waals surface area contributed by atoms with Crippen LogP contribution >= 0.6 is 7.60 Å². The Morgan fingerprint density at radius 2 is 2.06 bits per heavy atom. The van der Waals surface area contributed by atoms with Crippen LogP contribution < -0.4 is 0 Å². The van der Waals surface area contributed by atoms with E-state index in [1.165, 1.54) is 11.0 Å². The first-order chi connectivity index (χ1) is 7.32. The van der Waals surface area contributed by atoms with Gasteiger partial charge in [-0.2, -0.15) is 0 Å². The number of rotatable bonds is 7. The Morgan fingerprint density at radius 1 is 1.50 bits per heavy atom. The van der Waals surface area contributed by atoms with Crippen LogP contribution in [0.25, 0.3) is 0 Å². The topological polar surface area (TPSA) is 77.8 Å². The van der Waals surface area contributed by atoms with E-state index >= 15 is 0 Å². The summed E-state index contributed by atoms with van der Waals surface area (Å²) in [6.45, 7) is 5.56. The highest BCUT2D eigenvalue weighted by Gasteiger charge is 2.27. The Labute approximate surface area is 96.3 Å². The number of carbonyl (C=O) groups is 1. The maximum absolute atomic E-state index is 11.1. The molecule has 0 aromatic heterocycles. The molecule has 0 heterocycles. The first kappa shape index (κ1) is 15.4. The van der Waals surface area contributed by atoms with Crippen LogP contribution in [-0.4, -0.2) is 39.8 Å². The third-order valence-corrected chi connectivity index (χ3v) is 3.91. The molecule has 0 aromatic carbocycles. The summed E-state index contributed by atoms with van der Waals surface area (Å²) in [7, 11) is -2.46. The first-order valence-electron chi connectivity index (χ1n) is 5.25. The number of nitrogens with zero attached hydrogens (tertiary/aromatic N) is 1. The molecule has 0 radical (unpaired) electrons. The Kier molecular flexibility index (Phi) is 6.56. The van der Waals surface area contributed by atoms with E-state index in [2.05, 4.69) is 6.58 Å². The van der Waals surface area contributed by atoms with E-state index in [0.717, 1.165) is 6.42 Å². The number of amides is 1. The molecule has 0 bridgehead atoms. The van der Waals surface area contributed by atoms with Crippen molar-refractivity contribution in [3.05, 3.63) is 12.7 Å². The molecule has 5 nitrogen and oxygen atoms in total. The summed E-state index contributed by atoms with van der Waals surface area (Å²) in [5.41, 5.74) is -0.655. The molecule has 0 spiro atoms. The standard InChI is InChI=1S/C10H20NO4P/c1-4-6-9(16(13,14)15)7-8-11(3)10(12)5-2/h5,9H,2,4,6-8H2,1,3H3,(H2,13,14,15). The summed E-state index contributed by atoms with van der Waals surface area (Å²) in [4.78, 5) is 30.8. The van der Waals surface area contributed by atoms with Crippen LogP contribution in [0.4, 0.5) is 0 Å². The van der Waals surface area contributed by atoms with Gasteiger partial charge < -0.3 is 14.7 Å². The second kappa shape index (κ2) is 6.84. The normalized spacial score (nSPS) is 13.2. The summed E-state index contributed by atoms with van der Waals surface area (Å²) in [6.07, 6.45) is 2.69. The number of carbonyl (C=O) groups excluding carboxylic acids is 1. The van der Waals surface area contributed by atoms with Gasteiger partial charge in [-0.15, -0.1) is 0 Å². The lowest BCUT2D eigenvalue weighted by Gasteiger charge is -2.21. The van der Waals surface area contributed by atoms with Crippen molar-refractivity contribution in [2.24, 2.45) is 0 Å². The van der Waals surface area contributed by atoms with E-state index in [1.807, 2.05) is 6.92 Å². The largest absolute Gasteiger partial charge is 0.342 e. The van der Waals surface area contributed by atoms with Gasteiger partial charge in [-0.1, -0.05) is 19.9 Å². The Morgan fingerprint density at radius 3 is 2.44 bits per heavy atom. The minimum atomic E-state index is -4.05. The van der Waals surface area contributed by atoms with E-state index in [0.29, 0.717) is 19.4 Å². The van der Waals surface area contributed by atoms with E-state index in [9.17, 15) is 9.36 Å². The molecule has 94 valence electrons. The summed E-state index contributed by atoms with van der Waals surface area (Å²) >= 11 is 0. The molecular formula is C10H20NO4P. The third-order valence-electron chi connectivity index (χ3n) is 2.45. The van der Waals surface area contributed by atoms with Crippen LogP contribution in [0.1, 0.15) is 26.2 Å². The van der Waals surface area contributed by atoms with Crippen molar-refractivity contribution in [3.8, 4) is 0 Å². The molecular weight excluding hydrogens is 229 g/mol. The molecule has 0 fully saturated rings. The molecule has 2 N–H and O–H groups in total. The molecule has 1 atom stereocenters. The fourth-order valence-corrected chi connectivity index (χ4v) is 2.47. The lowest BCUT2D eigenvalue weighted by molar-refractivity contribution is -0.124. The van der Waals surface area contributed by atoms with E-state index in [4.69, 9.17) is 9.79 Å². The van der Waals surface area contributed by atoms with E-state index < -0.39 is 13.3 Å². The van der Waals surface area contributed by atoms with Crippen molar-refractivity contribution >= 4 is 13.5 Å². The van der Waals surface area contributed by atoms with Crippen LogP contribution in [0.15, 0.2) is 12.7 Å². The molecule has 0 saturated carbocycles. The number of hydrogen-bond acceptors (Lipinski definition) is 2.